The molecule has 2 heteroatoms. The molecule has 0 fully saturated rings. The molecule has 0 spiro atoms. The van der Waals surface area contributed by atoms with E-state index in [0.717, 1.165) is 9.86 Å². The molecule has 0 saturated heterocycles. The van der Waals surface area contributed by atoms with Gasteiger partial charge in [-0.15, -0.1) is 0 Å². The van der Waals surface area contributed by atoms with Gasteiger partial charge in [0.25, 0.3) is 0 Å². The van der Waals surface area contributed by atoms with Crippen LogP contribution in [0.2, 0.25) is 0 Å². The summed E-state index contributed by atoms with van der Waals surface area (Å²) in [6.07, 6.45) is 2.42. The van der Waals surface area contributed by atoms with Crippen molar-refractivity contribution in [3.63, 3.8) is 0 Å². The summed E-state index contributed by atoms with van der Waals surface area (Å²) in [5.41, 5.74) is 2.93. The molecule has 0 saturated carbocycles. The molecule has 3 rings (SSSR count). The molecular formula is C14H13BrO. The minimum absolute atomic E-state index is 0.324. The van der Waals surface area contributed by atoms with E-state index in [2.05, 4.69) is 35.0 Å². The number of hydrogen-bond donors (Lipinski definition) is 1. The molecule has 1 aliphatic carbocycles. The Balaban J connectivity index is 2.44. The molecule has 0 aliphatic heterocycles. The SMILES string of the molecule is CC1CCc2ccc3cc(O)cc(Br)c3c21. The highest BCUT2D eigenvalue weighted by molar-refractivity contribution is 9.10. The van der Waals surface area contributed by atoms with Crippen LogP contribution in [0.25, 0.3) is 10.8 Å². The number of halogens is 1. The van der Waals surface area contributed by atoms with Gasteiger partial charge in [0.2, 0.25) is 0 Å². The van der Waals surface area contributed by atoms with E-state index in [1.165, 1.54) is 29.4 Å². The van der Waals surface area contributed by atoms with E-state index in [4.69, 9.17) is 0 Å². The molecule has 0 aromatic heterocycles. The monoisotopic (exact) mass is 276 g/mol. The van der Waals surface area contributed by atoms with Crippen molar-refractivity contribution >= 4 is 26.7 Å². The molecule has 0 radical (unpaired) electrons. The van der Waals surface area contributed by atoms with Gasteiger partial charge in [0.05, 0.1) is 0 Å². The van der Waals surface area contributed by atoms with Crippen molar-refractivity contribution in [1.29, 1.82) is 0 Å². The predicted octanol–water partition coefficient (Wildman–Crippen LogP) is 4.36. The van der Waals surface area contributed by atoms with E-state index in [-0.39, 0.29) is 0 Å². The Kier molecular flexibility index (Phi) is 2.21. The van der Waals surface area contributed by atoms with E-state index < -0.39 is 0 Å². The number of aromatic hydroxyl groups is 1. The van der Waals surface area contributed by atoms with Gasteiger partial charge >= 0.3 is 0 Å². The van der Waals surface area contributed by atoms with Crippen LogP contribution in [-0.2, 0) is 6.42 Å². The summed E-state index contributed by atoms with van der Waals surface area (Å²) in [6.45, 7) is 2.28. The molecule has 2 aromatic carbocycles. The Hall–Kier alpha value is -1.02. The van der Waals surface area contributed by atoms with Gasteiger partial charge in [0, 0.05) is 4.47 Å². The summed E-state index contributed by atoms with van der Waals surface area (Å²) >= 11 is 3.57. The third kappa shape index (κ3) is 1.36. The highest BCUT2D eigenvalue weighted by Crippen LogP contribution is 2.41. The zero-order valence-corrected chi connectivity index (χ0v) is 10.7. The fraction of sp³-hybridized carbons (Fsp3) is 0.286. The topological polar surface area (TPSA) is 20.2 Å². The molecule has 1 N–H and O–H groups in total. The van der Waals surface area contributed by atoms with Gasteiger partial charge in [0.15, 0.2) is 0 Å². The van der Waals surface area contributed by atoms with Crippen LogP contribution in [0.4, 0.5) is 0 Å². The molecule has 0 bridgehead atoms. The van der Waals surface area contributed by atoms with Crippen LogP contribution in [0.15, 0.2) is 28.7 Å². The van der Waals surface area contributed by atoms with Gasteiger partial charge in [-0.3, -0.25) is 0 Å². The second-order valence-corrected chi connectivity index (χ2v) is 5.46. The molecular weight excluding hydrogens is 264 g/mol. The van der Waals surface area contributed by atoms with Crippen LogP contribution < -0.4 is 0 Å². The fourth-order valence-electron chi connectivity index (χ4n) is 2.77. The molecule has 1 aliphatic rings. The van der Waals surface area contributed by atoms with Crippen molar-refractivity contribution in [2.45, 2.75) is 25.7 Å². The van der Waals surface area contributed by atoms with E-state index in [1.54, 1.807) is 6.07 Å². The minimum atomic E-state index is 0.324. The Labute approximate surface area is 103 Å². The minimum Gasteiger partial charge on any atom is -0.508 e. The molecule has 16 heavy (non-hydrogen) atoms. The Morgan fingerprint density at radius 2 is 2.12 bits per heavy atom. The first-order chi connectivity index (χ1) is 7.66. The van der Waals surface area contributed by atoms with E-state index in [1.807, 2.05) is 6.07 Å². The standard InChI is InChI=1S/C14H13BrO/c1-8-2-3-9-4-5-10-6-11(16)7-12(15)14(10)13(8)9/h4-8,16H,2-3H2,1H3. The largest absolute Gasteiger partial charge is 0.508 e. The number of phenols is 1. The van der Waals surface area contributed by atoms with Crippen molar-refractivity contribution < 1.29 is 5.11 Å². The van der Waals surface area contributed by atoms with Crippen molar-refractivity contribution in [2.75, 3.05) is 0 Å². The van der Waals surface area contributed by atoms with Gasteiger partial charge in [-0.2, -0.15) is 0 Å². The lowest BCUT2D eigenvalue weighted by Crippen LogP contribution is -1.90. The van der Waals surface area contributed by atoms with Crippen LogP contribution in [0.1, 0.15) is 30.4 Å². The second-order valence-electron chi connectivity index (χ2n) is 4.60. The van der Waals surface area contributed by atoms with E-state index in [9.17, 15) is 5.11 Å². The third-order valence-corrected chi connectivity index (χ3v) is 4.15. The summed E-state index contributed by atoms with van der Waals surface area (Å²) in [6, 6.07) is 7.93. The summed E-state index contributed by atoms with van der Waals surface area (Å²) in [7, 11) is 0. The predicted molar refractivity (Wildman–Crippen MR) is 70.0 cm³/mol. The van der Waals surface area contributed by atoms with Gasteiger partial charge in [-0.05, 0) is 52.8 Å². The second kappa shape index (κ2) is 3.49. The molecule has 1 unspecified atom stereocenters. The maximum Gasteiger partial charge on any atom is 0.117 e. The fourth-order valence-corrected chi connectivity index (χ4v) is 3.44. The van der Waals surface area contributed by atoms with E-state index >= 15 is 0 Å². The first kappa shape index (κ1) is 10.2. The van der Waals surface area contributed by atoms with Gasteiger partial charge < -0.3 is 5.11 Å². The summed E-state index contributed by atoms with van der Waals surface area (Å²) in [5, 5.41) is 12.0. The van der Waals surface area contributed by atoms with Crippen LogP contribution in [0.3, 0.4) is 0 Å². The average Bonchev–Trinajstić information content (AvgIpc) is 2.60. The lowest BCUT2D eigenvalue weighted by molar-refractivity contribution is 0.476. The van der Waals surface area contributed by atoms with Crippen LogP contribution >= 0.6 is 15.9 Å². The number of aryl methyl sites for hydroxylation is 1. The highest BCUT2D eigenvalue weighted by Gasteiger charge is 2.22. The molecule has 1 nitrogen and oxygen atoms in total. The van der Waals surface area contributed by atoms with Crippen molar-refractivity contribution in [1.82, 2.24) is 0 Å². The lowest BCUT2D eigenvalue weighted by atomic mass is 9.96. The number of hydrogen-bond acceptors (Lipinski definition) is 1. The quantitative estimate of drug-likeness (QED) is 0.758. The summed E-state index contributed by atoms with van der Waals surface area (Å²) in [4.78, 5) is 0. The highest BCUT2D eigenvalue weighted by atomic mass is 79.9. The van der Waals surface area contributed by atoms with Crippen LogP contribution in [0.5, 0.6) is 5.75 Å². The third-order valence-electron chi connectivity index (χ3n) is 3.52. The van der Waals surface area contributed by atoms with Gasteiger partial charge in [-0.25, -0.2) is 0 Å². The first-order valence-corrected chi connectivity index (χ1v) is 6.40. The maximum atomic E-state index is 9.60. The number of fused-ring (bicyclic) bond motifs is 3. The smallest absolute Gasteiger partial charge is 0.117 e. The number of benzene rings is 2. The normalized spacial score (nSPS) is 19.0. The summed E-state index contributed by atoms with van der Waals surface area (Å²) in [5.74, 6) is 0.949. The maximum absolute atomic E-state index is 9.60. The van der Waals surface area contributed by atoms with E-state index in [0.29, 0.717) is 11.7 Å². The lowest BCUT2D eigenvalue weighted by Gasteiger charge is -2.11. The molecule has 0 amide bonds. The average molecular weight is 277 g/mol. The Morgan fingerprint density at radius 3 is 2.94 bits per heavy atom. The zero-order valence-electron chi connectivity index (χ0n) is 9.13. The van der Waals surface area contributed by atoms with Crippen molar-refractivity contribution in [3.8, 4) is 5.75 Å². The molecule has 2 aromatic rings. The molecule has 82 valence electrons. The van der Waals surface area contributed by atoms with Crippen molar-refractivity contribution in [2.24, 2.45) is 0 Å². The van der Waals surface area contributed by atoms with Crippen LogP contribution in [-0.4, -0.2) is 5.11 Å². The van der Waals surface area contributed by atoms with Gasteiger partial charge in [0.1, 0.15) is 5.75 Å². The Morgan fingerprint density at radius 1 is 1.31 bits per heavy atom. The zero-order chi connectivity index (χ0) is 11.3. The molecule has 0 heterocycles. The Bertz CT molecular complexity index is 574. The summed E-state index contributed by atoms with van der Waals surface area (Å²) < 4.78 is 1.01. The molecule has 1 atom stereocenters. The number of rotatable bonds is 0. The first-order valence-electron chi connectivity index (χ1n) is 5.61. The van der Waals surface area contributed by atoms with Gasteiger partial charge in [-0.1, -0.05) is 35.0 Å². The van der Waals surface area contributed by atoms with Crippen LogP contribution in [0, 0.1) is 0 Å². The van der Waals surface area contributed by atoms with Crippen molar-refractivity contribution in [3.05, 3.63) is 39.9 Å². The number of phenolic OH excluding ortho intramolecular Hbond substituents is 1.